The van der Waals surface area contributed by atoms with E-state index in [0.717, 1.165) is 0 Å². The van der Waals surface area contributed by atoms with Gasteiger partial charge in [0.25, 0.3) is 0 Å². The van der Waals surface area contributed by atoms with Crippen LogP contribution in [0, 0.1) is 0 Å². The quantitative estimate of drug-likeness (QED) is 0.200. The Labute approximate surface area is 253 Å². The summed E-state index contributed by atoms with van der Waals surface area (Å²) in [5.74, 6) is 0. The SMILES string of the molecule is CC1N(C)c2ccc(-c3ccc(-c4c5ccccc5c(-c5ccccc5)c5ccccc45)cc3)cc2N1c1ccccc1. The molecule has 0 saturated carbocycles. The number of fused-ring (bicyclic) bond motifs is 3. The molecular formula is C41H32N2. The van der Waals surface area contributed by atoms with E-state index in [4.69, 9.17) is 0 Å². The molecule has 1 atom stereocenters. The van der Waals surface area contributed by atoms with Gasteiger partial charge in [0.05, 0.1) is 11.4 Å². The third-order valence-electron chi connectivity index (χ3n) is 9.08. The van der Waals surface area contributed by atoms with Crippen molar-refractivity contribution in [3.05, 3.63) is 152 Å². The average molecular weight is 553 g/mol. The van der Waals surface area contributed by atoms with Gasteiger partial charge in [-0.1, -0.05) is 127 Å². The number of benzene rings is 7. The van der Waals surface area contributed by atoms with Gasteiger partial charge >= 0.3 is 0 Å². The third-order valence-corrected chi connectivity index (χ3v) is 9.08. The molecule has 0 aromatic heterocycles. The van der Waals surface area contributed by atoms with Crippen LogP contribution < -0.4 is 9.80 Å². The lowest BCUT2D eigenvalue weighted by Crippen LogP contribution is -2.35. The predicted octanol–water partition coefficient (Wildman–Crippen LogP) is 10.9. The fourth-order valence-corrected chi connectivity index (χ4v) is 6.90. The van der Waals surface area contributed by atoms with Gasteiger partial charge in [-0.2, -0.15) is 0 Å². The first-order chi connectivity index (χ1) is 21.2. The first kappa shape index (κ1) is 25.4. The molecule has 1 heterocycles. The monoisotopic (exact) mass is 552 g/mol. The van der Waals surface area contributed by atoms with Crippen LogP contribution in [0.1, 0.15) is 6.92 Å². The molecule has 0 bridgehead atoms. The number of hydrogen-bond acceptors (Lipinski definition) is 2. The fourth-order valence-electron chi connectivity index (χ4n) is 6.90. The van der Waals surface area contributed by atoms with Crippen LogP contribution in [-0.2, 0) is 0 Å². The van der Waals surface area contributed by atoms with Crippen molar-refractivity contribution in [2.45, 2.75) is 13.1 Å². The van der Waals surface area contributed by atoms with Gasteiger partial charge in [-0.05, 0) is 86.1 Å². The predicted molar refractivity (Wildman–Crippen MR) is 184 cm³/mol. The van der Waals surface area contributed by atoms with Crippen molar-refractivity contribution in [2.24, 2.45) is 0 Å². The molecule has 0 N–H and O–H groups in total. The van der Waals surface area contributed by atoms with Crippen molar-refractivity contribution in [2.75, 3.05) is 16.8 Å². The Bertz CT molecular complexity index is 2040. The first-order valence-electron chi connectivity index (χ1n) is 15.0. The second kappa shape index (κ2) is 10.2. The molecular weight excluding hydrogens is 520 g/mol. The fraction of sp³-hybridized carbons (Fsp3) is 0.0732. The number of hydrogen-bond donors (Lipinski definition) is 0. The molecule has 8 rings (SSSR count). The van der Waals surface area contributed by atoms with Crippen molar-refractivity contribution in [1.82, 2.24) is 0 Å². The van der Waals surface area contributed by atoms with E-state index in [-0.39, 0.29) is 6.17 Å². The third kappa shape index (κ3) is 4.10. The molecule has 0 radical (unpaired) electrons. The molecule has 1 aliphatic heterocycles. The summed E-state index contributed by atoms with van der Waals surface area (Å²) in [6, 6.07) is 55.2. The largest absolute Gasteiger partial charge is 0.353 e. The van der Waals surface area contributed by atoms with E-state index < -0.39 is 0 Å². The van der Waals surface area contributed by atoms with E-state index >= 15 is 0 Å². The standard InChI is InChI=1S/C41H32N2/c1-28-42(2)38-26-25-32(27-39(38)43(28)33-15-7-4-8-16-33)29-21-23-31(24-22-29)41-36-19-11-9-17-34(36)40(30-13-5-3-6-14-30)35-18-10-12-20-37(35)41/h3-28H,1-2H3. The van der Waals surface area contributed by atoms with Crippen molar-refractivity contribution in [1.29, 1.82) is 0 Å². The van der Waals surface area contributed by atoms with Crippen LogP contribution in [0.15, 0.2) is 152 Å². The molecule has 1 unspecified atom stereocenters. The van der Waals surface area contributed by atoms with Crippen molar-refractivity contribution in [3.8, 4) is 33.4 Å². The molecule has 43 heavy (non-hydrogen) atoms. The second-order valence-corrected chi connectivity index (χ2v) is 11.4. The molecule has 0 amide bonds. The summed E-state index contributed by atoms with van der Waals surface area (Å²) < 4.78 is 0. The highest BCUT2D eigenvalue weighted by Gasteiger charge is 2.31. The maximum atomic E-state index is 2.43. The highest BCUT2D eigenvalue weighted by molar-refractivity contribution is 6.21. The van der Waals surface area contributed by atoms with Crippen LogP contribution in [0.4, 0.5) is 17.1 Å². The van der Waals surface area contributed by atoms with Crippen molar-refractivity contribution < 1.29 is 0 Å². The maximum Gasteiger partial charge on any atom is 0.103 e. The zero-order valence-electron chi connectivity index (χ0n) is 24.4. The summed E-state index contributed by atoms with van der Waals surface area (Å²) in [7, 11) is 2.18. The van der Waals surface area contributed by atoms with E-state index in [2.05, 4.69) is 175 Å². The smallest absolute Gasteiger partial charge is 0.103 e. The van der Waals surface area contributed by atoms with Crippen LogP contribution >= 0.6 is 0 Å². The molecule has 0 fully saturated rings. The van der Waals surface area contributed by atoms with Crippen LogP contribution in [0.25, 0.3) is 54.9 Å². The minimum Gasteiger partial charge on any atom is -0.353 e. The Hall–Kier alpha value is -5.34. The Morgan fingerprint density at radius 3 is 1.42 bits per heavy atom. The van der Waals surface area contributed by atoms with E-state index in [1.165, 1.54) is 72.0 Å². The zero-order valence-corrected chi connectivity index (χ0v) is 24.4. The van der Waals surface area contributed by atoms with Crippen molar-refractivity contribution in [3.63, 3.8) is 0 Å². The molecule has 2 nitrogen and oxygen atoms in total. The number of rotatable bonds is 4. The Balaban J connectivity index is 1.25. The van der Waals surface area contributed by atoms with E-state index in [1.54, 1.807) is 0 Å². The van der Waals surface area contributed by atoms with Gasteiger partial charge in [-0.25, -0.2) is 0 Å². The van der Waals surface area contributed by atoms with Crippen LogP contribution in [-0.4, -0.2) is 13.2 Å². The van der Waals surface area contributed by atoms with Crippen LogP contribution in [0.3, 0.4) is 0 Å². The lowest BCUT2D eigenvalue weighted by Gasteiger charge is -2.27. The molecule has 0 saturated heterocycles. The molecule has 7 aromatic carbocycles. The molecule has 2 heteroatoms. The summed E-state index contributed by atoms with van der Waals surface area (Å²) in [5, 5.41) is 5.12. The molecule has 0 aliphatic carbocycles. The minimum atomic E-state index is 0.246. The van der Waals surface area contributed by atoms with Crippen molar-refractivity contribution >= 4 is 38.6 Å². The van der Waals surface area contributed by atoms with Crippen LogP contribution in [0.5, 0.6) is 0 Å². The van der Waals surface area contributed by atoms with E-state index in [1.807, 2.05) is 0 Å². The summed E-state index contributed by atoms with van der Waals surface area (Å²) in [6.45, 7) is 2.26. The second-order valence-electron chi connectivity index (χ2n) is 11.4. The molecule has 0 spiro atoms. The van der Waals surface area contributed by atoms with Gasteiger partial charge in [0.15, 0.2) is 0 Å². The minimum absolute atomic E-state index is 0.246. The Morgan fingerprint density at radius 1 is 0.419 bits per heavy atom. The highest BCUT2D eigenvalue weighted by atomic mass is 15.4. The van der Waals surface area contributed by atoms with Gasteiger partial charge in [0.2, 0.25) is 0 Å². The van der Waals surface area contributed by atoms with Gasteiger partial charge in [-0.3, -0.25) is 0 Å². The van der Waals surface area contributed by atoms with Gasteiger partial charge < -0.3 is 9.80 Å². The normalized spacial score (nSPS) is 14.4. The summed E-state index contributed by atoms with van der Waals surface area (Å²) in [4.78, 5) is 4.78. The van der Waals surface area contributed by atoms with Gasteiger partial charge in [-0.15, -0.1) is 0 Å². The first-order valence-corrected chi connectivity index (χ1v) is 15.0. The van der Waals surface area contributed by atoms with Crippen LogP contribution in [0.2, 0.25) is 0 Å². The average Bonchev–Trinajstić information content (AvgIpc) is 3.32. The Kier molecular flexibility index (Phi) is 6.01. The number of nitrogens with zero attached hydrogens (tertiary/aromatic N) is 2. The highest BCUT2D eigenvalue weighted by Crippen LogP contribution is 2.46. The number of anilines is 3. The maximum absolute atomic E-state index is 2.43. The molecule has 206 valence electrons. The van der Waals surface area contributed by atoms with Gasteiger partial charge in [0.1, 0.15) is 6.17 Å². The zero-order chi connectivity index (χ0) is 28.9. The number of para-hydroxylation sites is 1. The Morgan fingerprint density at radius 2 is 0.860 bits per heavy atom. The topological polar surface area (TPSA) is 6.48 Å². The summed E-state index contributed by atoms with van der Waals surface area (Å²) in [6.07, 6.45) is 0.246. The molecule has 7 aromatic rings. The molecule has 1 aliphatic rings. The summed E-state index contributed by atoms with van der Waals surface area (Å²) in [5.41, 5.74) is 11.2. The lowest BCUT2D eigenvalue weighted by atomic mass is 9.86. The van der Waals surface area contributed by atoms with Gasteiger partial charge in [0, 0.05) is 12.7 Å². The van der Waals surface area contributed by atoms with E-state index in [0.29, 0.717) is 0 Å². The summed E-state index contributed by atoms with van der Waals surface area (Å²) >= 11 is 0. The van der Waals surface area contributed by atoms with E-state index in [9.17, 15) is 0 Å². The lowest BCUT2D eigenvalue weighted by molar-refractivity contribution is 0.734.